The van der Waals surface area contributed by atoms with Crippen LogP contribution in [0.1, 0.15) is 17.5 Å². The van der Waals surface area contributed by atoms with E-state index in [9.17, 15) is 18.0 Å². The molecule has 4 aliphatic rings. The van der Waals surface area contributed by atoms with Crippen LogP contribution in [0.4, 0.5) is 23.2 Å². The summed E-state index contributed by atoms with van der Waals surface area (Å²) in [6.45, 7) is -0.167. The Labute approximate surface area is 177 Å². The molecule has 0 N–H and O–H groups in total. The molecule has 0 aromatic heterocycles. The molecule has 160 valence electrons. The molecule has 0 radical (unpaired) electrons. The molecule has 0 saturated heterocycles. The van der Waals surface area contributed by atoms with Crippen LogP contribution in [0.3, 0.4) is 0 Å². The number of hydrogen-bond donors (Lipinski definition) is 0. The van der Waals surface area contributed by atoms with Gasteiger partial charge in [-0.3, -0.25) is 4.79 Å². The number of fused-ring (bicyclic) bond motifs is 3. The van der Waals surface area contributed by atoms with Crippen molar-refractivity contribution >= 4 is 23.4 Å². The van der Waals surface area contributed by atoms with Crippen molar-refractivity contribution in [2.45, 2.75) is 23.5 Å². The van der Waals surface area contributed by atoms with Gasteiger partial charge in [0.25, 0.3) is 5.91 Å². The first-order valence-electron chi connectivity index (χ1n) is 9.45. The molecule has 10 heteroatoms. The van der Waals surface area contributed by atoms with Gasteiger partial charge in [-0.15, -0.1) is 11.8 Å². The summed E-state index contributed by atoms with van der Waals surface area (Å²) in [4.78, 5) is 15.0. The Bertz CT molecular complexity index is 1180. The maximum Gasteiger partial charge on any atom is 0.401 e. The van der Waals surface area contributed by atoms with Crippen LogP contribution < -0.4 is 19.1 Å². The van der Waals surface area contributed by atoms with Gasteiger partial charge in [-0.25, -0.2) is 4.39 Å². The Morgan fingerprint density at radius 1 is 1.13 bits per heavy atom. The molecule has 0 fully saturated rings. The zero-order valence-electron chi connectivity index (χ0n) is 15.7. The van der Waals surface area contributed by atoms with Crippen LogP contribution in [-0.2, 0) is 10.5 Å². The first-order valence-corrected chi connectivity index (χ1v) is 10.3. The number of rotatable bonds is 2. The molecule has 2 aromatic rings. The van der Waals surface area contributed by atoms with Crippen molar-refractivity contribution in [1.82, 2.24) is 0 Å². The number of carbonyl (C=O) groups is 1. The number of anilines is 1. The molecular formula is C21H13F4NO4S. The minimum atomic E-state index is -4.34. The summed E-state index contributed by atoms with van der Waals surface area (Å²) in [5, 5.41) is -1.55. The van der Waals surface area contributed by atoms with Gasteiger partial charge in [-0.05, 0) is 24.6 Å². The molecular weight excluding hydrogens is 438 g/mol. The molecule has 6 rings (SSSR count). The smallest absolute Gasteiger partial charge is 0.401 e. The van der Waals surface area contributed by atoms with Crippen molar-refractivity contribution in [3.05, 3.63) is 52.4 Å². The number of benzene rings is 2. The lowest BCUT2D eigenvalue weighted by Gasteiger charge is -2.28. The summed E-state index contributed by atoms with van der Waals surface area (Å²) < 4.78 is 72.3. The Balaban J connectivity index is 1.41. The normalized spacial score (nSPS) is 25.3. The molecule has 4 aliphatic heterocycles. The number of ether oxygens (including phenoxy) is 3. The molecule has 4 heterocycles. The number of carbonyl (C=O) groups excluding carboxylic acids is 1. The summed E-state index contributed by atoms with van der Waals surface area (Å²) >= 11 is 0.663. The highest BCUT2D eigenvalue weighted by atomic mass is 32.2. The molecule has 1 amide bonds. The first kappa shape index (κ1) is 18.9. The van der Waals surface area contributed by atoms with E-state index in [1.165, 1.54) is 23.1 Å². The average Bonchev–Trinajstić information content (AvgIpc) is 3.42. The van der Waals surface area contributed by atoms with Crippen LogP contribution in [0.5, 0.6) is 23.0 Å². The Kier molecular flexibility index (Phi) is 3.70. The third-order valence-electron chi connectivity index (χ3n) is 5.78. The topological polar surface area (TPSA) is 48.0 Å². The maximum absolute atomic E-state index is 16.6. The van der Waals surface area contributed by atoms with Gasteiger partial charge < -0.3 is 19.1 Å². The summed E-state index contributed by atoms with van der Waals surface area (Å²) in [6, 6.07) is 7.62. The predicted molar refractivity (Wildman–Crippen MR) is 103 cm³/mol. The summed E-state index contributed by atoms with van der Waals surface area (Å²) in [5.74, 6) is 0.139. The van der Waals surface area contributed by atoms with Gasteiger partial charge in [0, 0.05) is 11.0 Å². The number of hydrogen-bond acceptors (Lipinski definition) is 5. The standard InChI is InChI=1S/C21H13F4NO4S/c22-20-11-6-15-16(29-9-28-15)7-14(11)30-13-3-1-2-12(18(13)20)26(19(20)27)8-10-4-5-17(31-10)21(23,24)25/h1-4,6-7,17H,5,8-9H2. The van der Waals surface area contributed by atoms with Crippen LogP contribution in [0.2, 0.25) is 0 Å². The van der Waals surface area contributed by atoms with Crippen LogP contribution >= 0.6 is 11.8 Å². The molecule has 5 nitrogen and oxygen atoms in total. The fourth-order valence-electron chi connectivity index (χ4n) is 4.36. The van der Waals surface area contributed by atoms with E-state index >= 15 is 4.39 Å². The number of allylic oxidation sites excluding steroid dienone is 1. The van der Waals surface area contributed by atoms with Crippen molar-refractivity contribution < 1.29 is 36.6 Å². The first-order chi connectivity index (χ1) is 14.8. The van der Waals surface area contributed by atoms with E-state index in [-0.39, 0.29) is 48.1 Å². The van der Waals surface area contributed by atoms with Gasteiger partial charge in [0.1, 0.15) is 16.7 Å². The van der Waals surface area contributed by atoms with E-state index < -0.39 is 23.0 Å². The third kappa shape index (κ3) is 2.54. The molecule has 0 bridgehead atoms. The molecule has 2 atom stereocenters. The van der Waals surface area contributed by atoms with E-state index in [4.69, 9.17) is 14.2 Å². The van der Waals surface area contributed by atoms with E-state index in [0.29, 0.717) is 28.2 Å². The lowest BCUT2D eigenvalue weighted by atomic mass is 9.86. The van der Waals surface area contributed by atoms with Crippen molar-refractivity contribution in [1.29, 1.82) is 0 Å². The quantitative estimate of drug-likeness (QED) is 0.600. The van der Waals surface area contributed by atoms with Crippen LogP contribution in [0.15, 0.2) is 41.3 Å². The largest absolute Gasteiger partial charge is 0.456 e. The van der Waals surface area contributed by atoms with Gasteiger partial charge in [0.05, 0.1) is 23.4 Å². The van der Waals surface area contributed by atoms with Crippen LogP contribution in [-0.4, -0.2) is 30.7 Å². The van der Waals surface area contributed by atoms with Crippen molar-refractivity contribution in [3.63, 3.8) is 0 Å². The van der Waals surface area contributed by atoms with Gasteiger partial charge in [0.2, 0.25) is 12.5 Å². The highest BCUT2D eigenvalue weighted by molar-refractivity contribution is 8.04. The Morgan fingerprint density at radius 3 is 2.65 bits per heavy atom. The highest BCUT2D eigenvalue weighted by Crippen LogP contribution is 2.59. The van der Waals surface area contributed by atoms with E-state index in [0.717, 1.165) is 0 Å². The van der Waals surface area contributed by atoms with Crippen molar-refractivity contribution in [2.24, 2.45) is 0 Å². The zero-order chi connectivity index (χ0) is 21.5. The molecule has 2 aromatic carbocycles. The van der Waals surface area contributed by atoms with Gasteiger partial charge >= 0.3 is 6.18 Å². The Hall–Kier alpha value is -2.88. The maximum atomic E-state index is 16.6. The second kappa shape index (κ2) is 6.09. The molecule has 31 heavy (non-hydrogen) atoms. The fraction of sp³-hybridized carbons (Fsp3) is 0.286. The van der Waals surface area contributed by atoms with Crippen molar-refractivity contribution in [2.75, 3.05) is 18.2 Å². The van der Waals surface area contributed by atoms with Gasteiger partial charge in [-0.1, -0.05) is 12.1 Å². The second-order valence-electron chi connectivity index (χ2n) is 7.56. The molecule has 0 spiro atoms. The fourth-order valence-corrected chi connectivity index (χ4v) is 5.44. The molecule has 0 saturated carbocycles. The predicted octanol–water partition coefficient (Wildman–Crippen LogP) is 5.03. The SMILES string of the molecule is O=C1N(CC2=CCC(C(F)(F)F)S2)c2cccc3c2C1(F)c1cc2c(cc1O3)OCO2. The average molecular weight is 451 g/mol. The minimum Gasteiger partial charge on any atom is -0.456 e. The molecule has 2 unspecified atom stereocenters. The van der Waals surface area contributed by atoms with Crippen LogP contribution in [0.25, 0.3) is 0 Å². The second-order valence-corrected chi connectivity index (χ2v) is 8.89. The lowest BCUT2D eigenvalue weighted by Crippen LogP contribution is -2.40. The van der Waals surface area contributed by atoms with Gasteiger partial charge in [-0.2, -0.15) is 13.2 Å². The third-order valence-corrected chi connectivity index (χ3v) is 7.12. The van der Waals surface area contributed by atoms with E-state index in [1.807, 2.05) is 0 Å². The number of halogens is 4. The number of thioether (sulfide) groups is 1. The number of nitrogens with zero attached hydrogens (tertiary/aromatic N) is 1. The number of amides is 1. The summed E-state index contributed by atoms with van der Waals surface area (Å²) in [7, 11) is 0. The Morgan fingerprint density at radius 2 is 1.90 bits per heavy atom. The van der Waals surface area contributed by atoms with E-state index in [2.05, 4.69) is 0 Å². The monoisotopic (exact) mass is 451 g/mol. The zero-order valence-corrected chi connectivity index (χ0v) is 16.5. The van der Waals surface area contributed by atoms with E-state index in [1.54, 1.807) is 18.2 Å². The lowest BCUT2D eigenvalue weighted by molar-refractivity contribution is -0.127. The van der Waals surface area contributed by atoms with Crippen LogP contribution in [0, 0.1) is 0 Å². The highest BCUT2D eigenvalue weighted by Gasteiger charge is 2.59. The molecule has 0 aliphatic carbocycles. The van der Waals surface area contributed by atoms with Gasteiger partial charge in [0.15, 0.2) is 11.5 Å². The summed E-state index contributed by atoms with van der Waals surface area (Å²) in [6.07, 6.45) is -3.06. The van der Waals surface area contributed by atoms with Crippen molar-refractivity contribution in [3.8, 4) is 23.0 Å². The number of alkyl halides is 4. The minimum absolute atomic E-state index is 0.00887. The summed E-state index contributed by atoms with van der Waals surface area (Å²) in [5.41, 5.74) is -2.20.